The summed E-state index contributed by atoms with van der Waals surface area (Å²) in [4.78, 5) is 38.0. The molecule has 0 rings (SSSR count). The lowest BCUT2D eigenvalue weighted by atomic mass is 10.0. The maximum absolute atomic E-state index is 12.8. The molecule has 0 spiro atoms. The number of carbonyl (C=O) groups excluding carboxylic acids is 3. The third kappa shape index (κ3) is 51.7. The van der Waals surface area contributed by atoms with E-state index >= 15 is 0 Å². The first kappa shape index (κ1) is 61.9. The van der Waals surface area contributed by atoms with Crippen molar-refractivity contribution in [3.8, 4) is 0 Å². The van der Waals surface area contributed by atoms with Crippen molar-refractivity contribution < 1.29 is 28.6 Å². The summed E-state index contributed by atoms with van der Waals surface area (Å²) in [6.07, 6.45) is 67.4. The molecule has 0 aromatic heterocycles. The molecular formula is C59H102O6. The van der Waals surface area contributed by atoms with E-state index in [9.17, 15) is 14.4 Å². The fraction of sp³-hybridized carbons (Fsp3) is 0.746. The fourth-order valence-electron chi connectivity index (χ4n) is 7.62. The number of unbranched alkanes of at least 4 members (excludes halogenated alkanes) is 26. The zero-order chi connectivity index (χ0) is 47.2. The van der Waals surface area contributed by atoms with Crippen LogP contribution in [-0.2, 0) is 28.6 Å². The summed E-state index contributed by atoms with van der Waals surface area (Å²) >= 11 is 0. The second kappa shape index (κ2) is 53.5. The molecule has 65 heavy (non-hydrogen) atoms. The van der Waals surface area contributed by atoms with Gasteiger partial charge in [0.25, 0.3) is 0 Å². The number of hydrogen-bond donors (Lipinski definition) is 0. The van der Waals surface area contributed by atoms with Crippen molar-refractivity contribution in [1.29, 1.82) is 0 Å². The molecule has 0 bridgehead atoms. The Morgan fingerprint density at radius 1 is 0.323 bits per heavy atom. The van der Waals surface area contributed by atoms with Crippen LogP contribution in [0.15, 0.2) is 72.9 Å². The predicted molar refractivity (Wildman–Crippen MR) is 279 cm³/mol. The highest BCUT2D eigenvalue weighted by atomic mass is 16.6. The molecule has 0 aromatic carbocycles. The predicted octanol–water partition coefficient (Wildman–Crippen LogP) is 18.2. The Morgan fingerprint density at radius 2 is 0.600 bits per heavy atom. The Hall–Kier alpha value is -3.15. The number of rotatable bonds is 49. The lowest BCUT2D eigenvalue weighted by Gasteiger charge is -2.18. The first-order valence-corrected chi connectivity index (χ1v) is 27.4. The summed E-state index contributed by atoms with van der Waals surface area (Å²) < 4.78 is 16.8. The van der Waals surface area contributed by atoms with Gasteiger partial charge in [-0.15, -0.1) is 0 Å². The van der Waals surface area contributed by atoms with Crippen LogP contribution in [0, 0.1) is 0 Å². The van der Waals surface area contributed by atoms with Gasteiger partial charge in [-0.3, -0.25) is 14.4 Å². The fourth-order valence-corrected chi connectivity index (χ4v) is 7.62. The lowest BCUT2D eigenvalue weighted by molar-refractivity contribution is -0.167. The molecule has 374 valence electrons. The number of hydrogen-bond acceptors (Lipinski definition) is 6. The van der Waals surface area contributed by atoms with Crippen molar-refractivity contribution in [2.75, 3.05) is 13.2 Å². The average molecular weight is 907 g/mol. The summed E-state index contributed by atoms with van der Waals surface area (Å²) in [5.74, 6) is -0.900. The van der Waals surface area contributed by atoms with Crippen molar-refractivity contribution in [3.05, 3.63) is 72.9 Å². The molecule has 0 aliphatic heterocycles. The molecule has 0 saturated heterocycles. The quantitative estimate of drug-likeness (QED) is 0.0262. The maximum atomic E-state index is 12.8. The molecule has 0 aromatic rings. The van der Waals surface area contributed by atoms with Gasteiger partial charge in [-0.25, -0.2) is 0 Å². The molecule has 0 radical (unpaired) electrons. The minimum absolute atomic E-state index is 0.0803. The highest BCUT2D eigenvalue weighted by Gasteiger charge is 2.19. The third-order valence-corrected chi connectivity index (χ3v) is 11.7. The van der Waals surface area contributed by atoms with Gasteiger partial charge in [0, 0.05) is 19.3 Å². The standard InChI is InChI=1S/C59H102O6/c1-4-7-10-13-16-19-22-24-25-26-27-28-29-30-31-32-33-35-37-40-43-46-49-52-58(61)64-55-56(54-63-57(60)51-48-45-42-39-36-21-18-15-12-9-6-3)65-59(62)53-50-47-44-41-38-34-23-20-17-14-11-8-5-2/h7,10,16,19,24-25,27-28,30-31,33,35,56H,4-6,8-9,11-15,17-18,20-23,26,29,32,34,36-55H2,1-3H3/b10-7-,19-16-,25-24-,28-27-,31-30-,35-33-. The van der Waals surface area contributed by atoms with Crippen molar-refractivity contribution in [2.45, 2.75) is 271 Å². The first-order chi connectivity index (χ1) is 32.0. The Morgan fingerprint density at radius 3 is 0.938 bits per heavy atom. The summed E-state index contributed by atoms with van der Waals surface area (Å²) in [5, 5.41) is 0. The number of esters is 3. The molecule has 0 aliphatic carbocycles. The molecule has 6 nitrogen and oxygen atoms in total. The van der Waals surface area contributed by atoms with Gasteiger partial charge in [-0.05, 0) is 70.6 Å². The van der Waals surface area contributed by atoms with Gasteiger partial charge in [-0.1, -0.05) is 248 Å². The van der Waals surface area contributed by atoms with Gasteiger partial charge in [0.1, 0.15) is 13.2 Å². The second-order valence-electron chi connectivity index (χ2n) is 18.1. The van der Waals surface area contributed by atoms with E-state index in [1.807, 2.05) is 0 Å². The highest BCUT2D eigenvalue weighted by Crippen LogP contribution is 2.15. The molecule has 6 heteroatoms. The minimum atomic E-state index is -0.781. The first-order valence-electron chi connectivity index (χ1n) is 27.4. The summed E-state index contributed by atoms with van der Waals surface area (Å²) in [5.41, 5.74) is 0. The van der Waals surface area contributed by atoms with E-state index in [1.54, 1.807) is 0 Å². The van der Waals surface area contributed by atoms with Crippen LogP contribution >= 0.6 is 0 Å². The minimum Gasteiger partial charge on any atom is -0.462 e. The Labute approximate surface area is 402 Å². The molecule has 0 saturated carbocycles. The van der Waals surface area contributed by atoms with Crippen LogP contribution in [0.2, 0.25) is 0 Å². The maximum Gasteiger partial charge on any atom is 0.306 e. The second-order valence-corrected chi connectivity index (χ2v) is 18.1. The van der Waals surface area contributed by atoms with Crippen molar-refractivity contribution >= 4 is 17.9 Å². The van der Waals surface area contributed by atoms with Crippen molar-refractivity contribution in [3.63, 3.8) is 0 Å². The summed E-state index contributed by atoms with van der Waals surface area (Å²) in [6.45, 7) is 6.51. The van der Waals surface area contributed by atoms with Crippen LogP contribution in [-0.4, -0.2) is 37.2 Å². The largest absolute Gasteiger partial charge is 0.462 e. The Balaban J connectivity index is 4.35. The van der Waals surface area contributed by atoms with E-state index in [0.29, 0.717) is 19.3 Å². The van der Waals surface area contributed by atoms with Crippen LogP contribution in [0.5, 0.6) is 0 Å². The Bertz CT molecular complexity index is 1230. The summed E-state index contributed by atoms with van der Waals surface area (Å²) in [7, 11) is 0. The van der Waals surface area contributed by atoms with Gasteiger partial charge < -0.3 is 14.2 Å². The van der Waals surface area contributed by atoms with E-state index in [2.05, 4.69) is 93.7 Å². The van der Waals surface area contributed by atoms with E-state index in [-0.39, 0.29) is 31.1 Å². The van der Waals surface area contributed by atoms with Crippen molar-refractivity contribution in [1.82, 2.24) is 0 Å². The zero-order valence-electron chi connectivity index (χ0n) is 42.7. The van der Waals surface area contributed by atoms with Gasteiger partial charge in [-0.2, -0.15) is 0 Å². The van der Waals surface area contributed by atoms with Crippen molar-refractivity contribution in [2.24, 2.45) is 0 Å². The van der Waals surface area contributed by atoms with Gasteiger partial charge in [0.15, 0.2) is 6.10 Å². The van der Waals surface area contributed by atoms with Crippen LogP contribution in [0.25, 0.3) is 0 Å². The molecule has 0 fully saturated rings. The molecule has 0 amide bonds. The number of ether oxygens (including phenoxy) is 3. The third-order valence-electron chi connectivity index (χ3n) is 11.7. The average Bonchev–Trinajstić information content (AvgIpc) is 3.30. The topological polar surface area (TPSA) is 78.9 Å². The smallest absolute Gasteiger partial charge is 0.306 e. The van der Waals surface area contributed by atoms with E-state index in [1.165, 1.54) is 116 Å². The van der Waals surface area contributed by atoms with Crippen LogP contribution < -0.4 is 0 Å². The van der Waals surface area contributed by atoms with Gasteiger partial charge in [0.05, 0.1) is 0 Å². The van der Waals surface area contributed by atoms with Crippen LogP contribution in [0.1, 0.15) is 265 Å². The summed E-state index contributed by atoms with van der Waals surface area (Å²) in [6, 6.07) is 0. The molecule has 1 unspecified atom stereocenters. The zero-order valence-corrected chi connectivity index (χ0v) is 42.7. The van der Waals surface area contributed by atoms with E-state index in [0.717, 1.165) is 109 Å². The molecular weight excluding hydrogens is 805 g/mol. The number of carbonyl (C=O) groups is 3. The van der Waals surface area contributed by atoms with Crippen LogP contribution in [0.3, 0.4) is 0 Å². The molecule has 0 heterocycles. The Kier molecular flexibility index (Phi) is 50.9. The normalized spacial score (nSPS) is 12.6. The lowest BCUT2D eigenvalue weighted by Crippen LogP contribution is -2.30. The van der Waals surface area contributed by atoms with Crippen LogP contribution in [0.4, 0.5) is 0 Å². The monoisotopic (exact) mass is 907 g/mol. The van der Waals surface area contributed by atoms with Gasteiger partial charge in [0.2, 0.25) is 0 Å². The van der Waals surface area contributed by atoms with E-state index in [4.69, 9.17) is 14.2 Å². The molecule has 0 aliphatic rings. The van der Waals surface area contributed by atoms with E-state index < -0.39 is 6.10 Å². The highest BCUT2D eigenvalue weighted by molar-refractivity contribution is 5.71. The van der Waals surface area contributed by atoms with Gasteiger partial charge >= 0.3 is 17.9 Å². The SMILES string of the molecule is CC/C=C\C/C=C\C/C=C\C/C=C\C/C=C\C/C=C\CCCCCCC(=O)OCC(COC(=O)CCCCCCCCCCCCC)OC(=O)CCCCCCCCCCCCCCC. The molecule has 1 atom stereocenters. The molecule has 0 N–H and O–H groups in total. The number of allylic oxidation sites excluding steroid dienone is 12.